The molecule has 0 aromatic heterocycles. The third-order valence-corrected chi connectivity index (χ3v) is 5.03. The first-order valence-electron chi connectivity index (χ1n) is 10.2. The van der Waals surface area contributed by atoms with Crippen LogP contribution in [0.5, 0.6) is 0 Å². The summed E-state index contributed by atoms with van der Waals surface area (Å²) in [7, 11) is 0. The molecule has 0 unspecified atom stereocenters. The SMILES string of the molecule is O=C(CNCCc1ccccc1)Nc1ccc(C(=O)N2CCCCCC2)cc1. The summed E-state index contributed by atoms with van der Waals surface area (Å²) < 4.78 is 0. The maximum Gasteiger partial charge on any atom is 0.253 e. The predicted octanol–water partition coefficient (Wildman–Crippen LogP) is 3.47. The van der Waals surface area contributed by atoms with Crippen molar-refractivity contribution in [1.82, 2.24) is 10.2 Å². The molecule has 2 amide bonds. The second-order valence-electron chi connectivity index (χ2n) is 7.24. The van der Waals surface area contributed by atoms with Gasteiger partial charge in [0.05, 0.1) is 6.54 Å². The van der Waals surface area contributed by atoms with E-state index in [2.05, 4.69) is 22.8 Å². The summed E-state index contributed by atoms with van der Waals surface area (Å²) in [6.07, 6.45) is 5.46. The van der Waals surface area contributed by atoms with Crippen molar-refractivity contribution in [1.29, 1.82) is 0 Å². The van der Waals surface area contributed by atoms with Crippen LogP contribution >= 0.6 is 0 Å². The first kappa shape index (κ1) is 20.1. The van der Waals surface area contributed by atoms with Crippen molar-refractivity contribution in [2.24, 2.45) is 0 Å². The number of anilines is 1. The quantitative estimate of drug-likeness (QED) is 0.724. The van der Waals surface area contributed by atoms with E-state index in [1.807, 2.05) is 23.1 Å². The molecule has 0 saturated carbocycles. The lowest BCUT2D eigenvalue weighted by Crippen LogP contribution is -2.31. The van der Waals surface area contributed by atoms with Gasteiger partial charge in [-0.25, -0.2) is 0 Å². The molecule has 1 fully saturated rings. The van der Waals surface area contributed by atoms with Crippen LogP contribution in [0.25, 0.3) is 0 Å². The topological polar surface area (TPSA) is 61.4 Å². The molecule has 28 heavy (non-hydrogen) atoms. The number of carbonyl (C=O) groups is 2. The zero-order valence-corrected chi connectivity index (χ0v) is 16.3. The Morgan fingerprint density at radius 3 is 2.21 bits per heavy atom. The van der Waals surface area contributed by atoms with Gasteiger partial charge >= 0.3 is 0 Å². The van der Waals surface area contributed by atoms with E-state index in [1.54, 1.807) is 24.3 Å². The highest BCUT2D eigenvalue weighted by molar-refractivity contribution is 5.96. The molecule has 0 aliphatic carbocycles. The monoisotopic (exact) mass is 379 g/mol. The zero-order chi connectivity index (χ0) is 19.6. The van der Waals surface area contributed by atoms with Gasteiger partial charge in [-0.1, -0.05) is 43.2 Å². The molecule has 3 rings (SSSR count). The smallest absolute Gasteiger partial charge is 0.253 e. The molecule has 1 aliphatic heterocycles. The lowest BCUT2D eigenvalue weighted by atomic mass is 10.1. The fraction of sp³-hybridized carbons (Fsp3) is 0.391. The molecular formula is C23H29N3O2. The molecular weight excluding hydrogens is 350 g/mol. The highest BCUT2D eigenvalue weighted by Crippen LogP contribution is 2.15. The van der Waals surface area contributed by atoms with Crippen LogP contribution in [0, 0.1) is 0 Å². The number of nitrogens with one attached hydrogen (secondary N) is 2. The van der Waals surface area contributed by atoms with Crippen molar-refractivity contribution in [3.8, 4) is 0 Å². The molecule has 1 aliphatic rings. The molecule has 0 atom stereocenters. The van der Waals surface area contributed by atoms with Crippen molar-refractivity contribution < 1.29 is 9.59 Å². The minimum atomic E-state index is -0.0837. The number of likely N-dealkylation sites (tertiary alicyclic amines) is 1. The van der Waals surface area contributed by atoms with E-state index in [0.29, 0.717) is 11.3 Å². The summed E-state index contributed by atoms with van der Waals surface area (Å²) in [5.74, 6) is 0.00186. The first-order chi connectivity index (χ1) is 13.7. The molecule has 2 N–H and O–H groups in total. The van der Waals surface area contributed by atoms with Gasteiger partial charge < -0.3 is 15.5 Å². The van der Waals surface area contributed by atoms with Gasteiger partial charge in [0, 0.05) is 24.3 Å². The maximum atomic E-state index is 12.6. The van der Waals surface area contributed by atoms with Crippen molar-refractivity contribution in [2.45, 2.75) is 32.1 Å². The van der Waals surface area contributed by atoms with Gasteiger partial charge in [0.1, 0.15) is 0 Å². The Kier molecular flexibility index (Phi) is 7.62. The molecule has 0 bridgehead atoms. The van der Waals surface area contributed by atoms with E-state index >= 15 is 0 Å². The Balaban J connectivity index is 1.41. The summed E-state index contributed by atoms with van der Waals surface area (Å²) in [4.78, 5) is 26.6. The van der Waals surface area contributed by atoms with Crippen LogP contribution in [0.3, 0.4) is 0 Å². The van der Waals surface area contributed by atoms with Crippen molar-refractivity contribution in [3.63, 3.8) is 0 Å². The van der Waals surface area contributed by atoms with E-state index < -0.39 is 0 Å². The lowest BCUT2D eigenvalue weighted by molar-refractivity contribution is -0.115. The largest absolute Gasteiger partial charge is 0.339 e. The Labute approximate surface area is 167 Å². The number of rotatable bonds is 7. The van der Waals surface area contributed by atoms with Gasteiger partial charge in [-0.05, 0) is 55.6 Å². The minimum Gasteiger partial charge on any atom is -0.339 e. The minimum absolute atomic E-state index is 0.0837. The van der Waals surface area contributed by atoms with Crippen LogP contribution in [0.15, 0.2) is 54.6 Å². The van der Waals surface area contributed by atoms with Gasteiger partial charge in [0.25, 0.3) is 5.91 Å². The highest BCUT2D eigenvalue weighted by atomic mass is 16.2. The van der Waals surface area contributed by atoms with Gasteiger partial charge in [0.15, 0.2) is 0 Å². The van der Waals surface area contributed by atoms with Crippen LogP contribution in [0.4, 0.5) is 5.69 Å². The second kappa shape index (κ2) is 10.6. The number of hydrogen-bond donors (Lipinski definition) is 2. The molecule has 0 radical (unpaired) electrons. The first-order valence-corrected chi connectivity index (χ1v) is 10.2. The lowest BCUT2D eigenvalue weighted by Gasteiger charge is -2.20. The normalized spacial score (nSPS) is 14.4. The Hall–Kier alpha value is -2.66. The predicted molar refractivity (Wildman–Crippen MR) is 112 cm³/mol. The number of hydrogen-bond acceptors (Lipinski definition) is 3. The molecule has 5 heteroatoms. The van der Waals surface area contributed by atoms with Crippen LogP contribution in [0.1, 0.15) is 41.6 Å². The molecule has 1 heterocycles. The summed E-state index contributed by atoms with van der Waals surface area (Å²) in [6.45, 7) is 2.69. The number of nitrogens with zero attached hydrogens (tertiary/aromatic N) is 1. The van der Waals surface area contributed by atoms with Gasteiger partial charge in [0.2, 0.25) is 5.91 Å². The third kappa shape index (κ3) is 6.20. The number of benzene rings is 2. The average Bonchev–Trinajstić information content (AvgIpc) is 3.02. The van der Waals surface area contributed by atoms with Gasteiger partial charge in [-0.15, -0.1) is 0 Å². The molecule has 5 nitrogen and oxygen atoms in total. The second-order valence-corrected chi connectivity index (χ2v) is 7.24. The number of amides is 2. The zero-order valence-electron chi connectivity index (χ0n) is 16.3. The van der Waals surface area contributed by atoms with Crippen molar-refractivity contribution in [3.05, 3.63) is 65.7 Å². The molecule has 2 aromatic rings. The standard InChI is InChI=1S/C23H29N3O2/c27-22(18-24-15-14-19-8-4-3-5-9-19)25-21-12-10-20(11-13-21)23(28)26-16-6-1-2-7-17-26/h3-5,8-13,24H,1-2,6-7,14-18H2,(H,25,27). The van der Waals surface area contributed by atoms with Gasteiger partial charge in [-0.3, -0.25) is 9.59 Å². The molecule has 2 aromatic carbocycles. The van der Waals surface area contributed by atoms with Crippen LogP contribution < -0.4 is 10.6 Å². The van der Waals surface area contributed by atoms with E-state index in [4.69, 9.17) is 0 Å². The van der Waals surface area contributed by atoms with E-state index in [0.717, 1.165) is 38.9 Å². The van der Waals surface area contributed by atoms with Crippen LogP contribution in [0.2, 0.25) is 0 Å². The van der Waals surface area contributed by atoms with Crippen LogP contribution in [-0.4, -0.2) is 42.9 Å². The third-order valence-electron chi connectivity index (χ3n) is 5.03. The highest BCUT2D eigenvalue weighted by Gasteiger charge is 2.17. The fourth-order valence-electron chi connectivity index (χ4n) is 3.44. The molecule has 0 spiro atoms. The summed E-state index contributed by atoms with van der Waals surface area (Å²) in [5, 5.41) is 6.03. The van der Waals surface area contributed by atoms with E-state index in [-0.39, 0.29) is 18.4 Å². The Morgan fingerprint density at radius 2 is 1.54 bits per heavy atom. The molecule has 1 saturated heterocycles. The van der Waals surface area contributed by atoms with E-state index in [9.17, 15) is 9.59 Å². The fourth-order valence-corrected chi connectivity index (χ4v) is 3.44. The number of carbonyl (C=O) groups excluding carboxylic acids is 2. The average molecular weight is 380 g/mol. The summed E-state index contributed by atoms with van der Waals surface area (Å²) >= 11 is 0. The summed E-state index contributed by atoms with van der Waals surface area (Å²) in [5.41, 5.74) is 2.64. The van der Waals surface area contributed by atoms with Crippen molar-refractivity contribution in [2.75, 3.05) is 31.5 Å². The van der Waals surface area contributed by atoms with Gasteiger partial charge in [-0.2, -0.15) is 0 Å². The maximum absolute atomic E-state index is 12.6. The Bertz CT molecular complexity index is 751. The van der Waals surface area contributed by atoms with Crippen LogP contribution in [-0.2, 0) is 11.2 Å². The van der Waals surface area contributed by atoms with Crippen molar-refractivity contribution >= 4 is 17.5 Å². The Morgan fingerprint density at radius 1 is 0.857 bits per heavy atom. The molecule has 148 valence electrons. The summed E-state index contributed by atoms with van der Waals surface area (Å²) in [6, 6.07) is 17.4. The van der Waals surface area contributed by atoms with E-state index in [1.165, 1.54) is 18.4 Å².